The van der Waals surface area contributed by atoms with Gasteiger partial charge in [-0.15, -0.1) is 0 Å². The van der Waals surface area contributed by atoms with Gasteiger partial charge in [-0.05, 0) is 25.3 Å². The normalized spacial score (nSPS) is 24.1. The van der Waals surface area contributed by atoms with Gasteiger partial charge in [-0.3, -0.25) is 4.79 Å². The molecule has 1 aromatic rings. The van der Waals surface area contributed by atoms with E-state index < -0.39 is 5.97 Å². The highest BCUT2D eigenvalue weighted by Gasteiger charge is 2.30. The lowest BCUT2D eigenvalue weighted by Gasteiger charge is -2.28. The molecule has 5 nitrogen and oxygen atoms in total. The Morgan fingerprint density at radius 3 is 3.00 bits per heavy atom. The number of aromatic nitrogens is 2. The van der Waals surface area contributed by atoms with Crippen LogP contribution < -0.4 is 5.32 Å². The van der Waals surface area contributed by atoms with Crippen molar-refractivity contribution in [2.75, 3.05) is 6.54 Å². The van der Waals surface area contributed by atoms with Gasteiger partial charge in [0.25, 0.3) is 0 Å². The van der Waals surface area contributed by atoms with Gasteiger partial charge >= 0.3 is 5.97 Å². The van der Waals surface area contributed by atoms with Gasteiger partial charge in [0.1, 0.15) is 5.82 Å². The van der Waals surface area contributed by atoms with Crippen molar-refractivity contribution < 1.29 is 9.90 Å². The molecule has 5 heteroatoms. The zero-order chi connectivity index (χ0) is 13.0. The first kappa shape index (κ1) is 13.1. The van der Waals surface area contributed by atoms with Crippen LogP contribution in [0.2, 0.25) is 0 Å². The number of hydrogen-bond donors (Lipinski definition) is 2. The van der Waals surface area contributed by atoms with Gasteiger partial charge in [0.05, 0.1) is 12.5 Å². The fourth-order valence-corrected chi connectivity index (χ4v) is 2.71. The molecule has 100 valence electrons. The van der Waals surface area contributed by atoms with Crippen LogP contribution in [0, 0.1) is 11.8 Å². The van der Waals surface area contributed by atoms with Gasteiger partial charge in [-0.2, -0.15) is 0 Å². The largest absolute Gasteiger partial charge is 0.481 e. The Bertz CT molecular complexity index is 403. The van der Waals surface area contributed by atoms with E-state index in [4.69, 9.17) is 0 Å². The molecule has 0 amide bonds. The molecule has 0 aliphatic heterocycles. The standard InChI is InChI=1S/C13H21N3O2/c1-16-7-6-15-12(16)9-14-8-10-4-2-3-5-11(10)13(17)18/h6-7,10-11,14H,2-5,8-9H2,1H3,(H,17,18). The Balaban J connectivity index is 1.81. The van der Waals surface area contributed by atoms with Crippen LogP contribution in [0.15, 0.2) is 12.4 Å². The second-order valence-corrected chi connectivity index (χ2v) is 5.07. The molecule has 0 aromatic carbocycles. The van der Waals surface area contributed by atoms with Crippen molar-refractivity contribution in [1.29, 1.82) is 0 Å². The van der Waals surface area contributed by atoms with E-state index >= 15 is 0 Å². The summed E-state index contributed by atoms with van der Waals surface area (Å²) in [6.45, 7) is 1.47. The third kappa shape index (κ3) is 3.10. The molecule has 1 saturated carbocycles. The first-order valence-electron chi connectivity index (χ1n) is 6.58. The molecule has 2 N–H and O–H groups in total. The minimum atomic E-state index is -0.640. The molecular formula is C13H21N3O2. The maximum atomic E-state index is 11.2. The highest BCUT2D eigenvalue weighted by Crippen LogP contribution is 2.29. The molecule has 0 spiro atoms. The van der Waals surface area contributed by atoms with Gasteiger partial charge in [0.15, 0.2) is 0 Å². The molecular weight excluding hydrogens is 230 g/mol. The summed E-state index contributed by atoms with van der Waals surface area (Å²) in [4.78, 5) is 15.4. The number of carboxylic acids is 1. The molecule has 1 aliphatic rings. The lowest BCUT2D eigenvalue weighted by Crippen LogP contribution is -2.34. The number of imidazole rings is 1. The fourth-order valence-electron chi connectivity index (χ4n) is 2.71. The topological polar surface area (TPSA) is 67.2 Å². The third-order valence-electron chi connectivity index (χ3n) is 3.84. The summed E-state index contributed by atoms with van der Waals surface area (Å²) in [5.41, 5.74) is 0. The Kier molecular flexibility index (Phi) is 4.36. The van der Waals surface area contributed by atoms with E-state index in [1.807, 2.05) is 17.8 Å². The van der Waals surface area contributed by atoms with Crippen LogP contribution >= 0.6 is 0 Å². The van der Waals surface area contributed by atoms with Crippen LogP contribution in [0.3, 0.4) is 0 Å². The second-order valence-electron chi connectivity index (χ2n) is 5.07. The zero-order valence-electron chi connectivity index (χ0n) is 10.8. The van der Waals surface area contributed by atoms with E-state index in [1.54, 1.807) is 6.20 Å². The van der Waals surface area contributed by atoms with E-state index in [1.165, 1.54) is 0 Å². The van der Waals surface area contributed by atoms with Gasteiger partial charge in [-0.1, -0.05) is 12.8 Å². The van der Waals surface area contributed by atoms with Crippen molar-refractivity contribution in [3.8, 4) is 0 Å². The average molecular weight is 251 g/mol. The summed E-state index contributed by atoms with van der Waals surface area (Å²) < 4.78 is 1.97. The highest BCUT2D eigenvalue weighted by molar-refractivity contribution is 5.70. The van der Waals surface area contributed by atoms with Crippen molar-refractivity contribution >= 4 is 5.97 Å². The summed E-state index contributed by atoms with van der Waals surface area (Å²) >= 11 is 0. The number of hydrogen-bond acceptors (Lipinski definition) is 3. The monoisotopic (exact) mass is 251 g/mol. The van der Waals surface area contributed by atoms with Crippen LogP contribution in [0.1, 0.15) is 31.5 Å². The molecule has 1 aliphatic carbocycles. The molecule has 1 heterocycles. The predicted octanol–water partition coefficient (Wildman–Crippen LogP) is 1.40. The summed E-state index contributed by atoms with van der Waals surface area (Å²) in [6.07, 6.45) is 7.73. The SMILES string of the molecule is Cn1ccnc1CNCC1CCCCC1C(=O)O. The van der Waals surface area contributed by atoms with Crippen molar-refractivity contribution in [1.82, 2.24) is 14.9 Å². The van der Waals surface area contributed by atoms with Crippen molar-refractivity contribution in [3.63, 3.8) is 0 Å². The Morgan fingerprint density at radius 1 is 1.56 bits per heavy atom. The van der Waals surface area contributed by atoms with Crippen molar-refractivity contribution in [2.24, 2.45) is 18.9 Å². The van der Waals surface area contributed by atoms with E-state index in [0.717, 1.165) is 38.1 Å². The Labute approximate surface area is 107 Å². The lowest BCUT2D eigenvalue weighted by atomic mass is 9.79. The predicted molar refractivity (Wildman–Crippen MR) is 68.0 cm³/mol. The molecule has 2 unspecified atom stereocenters. The summed E-state index contributed by atoms with van der Waals surface area (Å²) in [5.74, 6) is 0.431. The summed E-state index contributed by atoms with van der Waals surface area (Å²) in [5, 5.41) is 12.5. The quantitative estimate of drug-likeness (QED) is 0.830. The summed E-state index contributed by atoms with van der Waals surface area (Å²) in [6, 6.07) is 0. The molecule has 0 saturated heterocycles. The van der Waals surface area contributed by atoms with Crippen LogP contribution in [0.25, 0.3) is 0 Å². The van der Waals surface area contributed by atoms with Crippen LogP contribution in [0.4, 0.5) is 0 Å². The first-order valence-corrected chi connectivity index (χ1v) is 6.58. The van der Waals surface area contributed by atoms with Gasteiger partial charge in [0, 0.05) is 19.4 Å². The van der Waals surface area contributed by atoms with E-state index in [9.17, 15) is 9.90 Å². The van der Waals surface area contributed by atoms with Crippen molar-refractivity contribution in [3.05, 3.63) is 18.2 Å². The van der Waals surface area contributed by atoms with Crippen LogP contribution in [-0.2, 0) is 18.4 Å². The lowest BCUT2D eigenvalue weighted by molar-refractivity contribution is -0.144. The van der Waals surface area contributed by atoms with Crippen LogP contribution in [0.5, 0.6) is 0 Å². The maximum Gasteiger partial charge on any atom is 0.306 e. The third-order valence-corrected chi connectivity index (χ3v) is 3.84. The molecule has 0 bridgehead atoms. The molecule has 1 aromatic heterocycles. The molecule has 18 heavy (non-hydrogen) atoms. The Hall–Kier alpha value is -1.36. The summed E-state index contributed by atoms with van der Waals surface area (Å²) in [7, 11) is 1.96. The highest BCUT2D eigenvalue weighted by atomic mass is 16.4. The smallest absolute Gasteiger partial charge is 0.306 e. The number of nitrogens with zero attached hydrogens (tertiary/aromatic N) is 2. The number of rotatable bonds is 5. The van der Waals surface area contributed by atoms with Gasteiger partial charge in [0.2, 0.25) is 0 Å². The molecule has 1 fully saturated rings. The first-order chi connectivity index (χ1) is 8.68. The number of carboxylic acid groups (broad SMARTS) is 1. The van der Waals surface area contributed by atoms with E-state index in [2.05, 4.69) is 10.3 Å². The fraction of sp³-hybridized carbons (Fsp3) is 0.692. The second kappa shape index (κ2) is 6.00. The minimum absolute atomic E-state index is 0.173. The van der Waals surface area contributed by atoms with E-state index in [-0.39, 0.29) is 11.8 Å². The zero-order valence-corrected chi connectivity index (χ0v) is 10.8. The van der Waals surface area contributed by atoms with Gasteiger partial charge < -0.3 is 15.0 Å². The number of carbonyl (C=O) groups is 1. The van der Waals surface area contributed by atoms with Crippen molar-refractivity contribution in [2.45, 2.75) is 32.2 Å². The minimum Gasteiger partial charge on any atom is -0.481 e. The number of aliphatic carboxylic acids is 1. The number of aryl methyl sites for hydroxylation is 1. The molecule has 2 rings (SSSR count). The number of nitrogens with one attached hydrogen (secondary N) is 1. The molecule has 0 radical (unpaired) electrons. The van der Waals surface area contributed by atoms with Gasteiger partial charge in [-0.25, -0.2) is 4.98 Å². The maximum absolute atomic E-state index is 11.2. The Morgan fingerprint density at radius 2 is 2.33 bits per heavy atom. The van der Waals surface area contributed by atoms with E-state index in [0.29, 0.717) is 6.54 Å². The van der Waals surface area contributed by atoms with Crippen LogP contribution in [-0.4, -0.2) is 27.2 Å². The average Bonchev–Trinajstić information content (AvgIpc) is 2.76. The molecule has 2 atom stereocenters.